The minimum absolute atomic E-state index is 0. The summed E-state index contributed by atoms with van der Waals surface area (Å²) in [5.41, 5.74) is 15.6. The maximum absolute atomic E-state index is 10.2. The summed E-state index contributed by atoms with van der Waals surface area (Å²) < 4.78 is 0. The molecule has 0 heterocycles. The first-order valence-electron chi connectivity index (χ1n) is 6.85. The Balaban J connectivity index is 0.000000443. The Morgan fingerprint density at radius 2 is 1.04 bits per heavy atom. The Morgan fingerprint density at radius 3 is 1.32 bits per heavy atom. The first-order chi connectivity index (χ1) is 11.6. The number of benzene rings is 2. The normalized spacial score (nSPS) is 9.60. The predicted molar refractivity (Wildman–Crippen MR) is 93.5 cm³/mol. The number of carbonyl (C=O) groups is 2. The number of primary amides is 2. The second-order valence-electron chi connectivity index (χ2n) is 4.29. The van der Waals surface area contributed by atoms with Crippen LogP contribution in [0.25, 0.3) is 0 Å². The fourth-order valence-corrected chi connectivity index (χ4v) is 1.42. The predicted octanol–water partition coefficient (Wildman–Crippen LogP) is 1.38. The van der Waals surface area contributed by atoms with E-state index in [2.05, 4.69) is 21.1 Å². The fourth-order valence-electron chi connectivity index (χ4n) is 1.42. The van der Waals surface area contributed by atoms with Crippen molar-refractivity contribution >= 4 is 24.5 Å². The molecule has 0 aliphatic heterocycles. The number of carbonyl (C=O) groups excluding carboxylic acids is 2. The van der Waals surface area contributed by atoms with Crippen molar-refractivity contribution < 1.29 is 30.7 Å². The zero-order valence-corrected chi connectivity index (χ0v) is 15.4. The number of nitrogens with two attached hydrogens (primary N) is 2. The van der Waals surface area contributed by atoms with Gasteiger partial charge in [0.25, 0.3) is 0 Å². The van der Waals surface area contributed by atoms with Gasteiger partial charge in [0.2, 0.25) is 0 Å². The van der Waals surface area contributed by atoms with Gasteiger partial charge in [-0.25, -0.2) is 20.4 Å². The standard InChI is InChI=1S/2C8H9N3O.Pt/c2*9-8(12)11-10-6-7-4-2-1-3-5-7;/h2*1-6H,(H3,9,11,12);/b2*10-6+;. The van der Waals surface area contributed by atoms with Gasteiger partial charge in [0.1, 0.15) is 0 Å². The van der Waals surface area contributed by atoms with Crippen LogP contribution in [0.4, 0.5) is 9.59 Å². The van der Waals surface area contributed by atoms with E-state index in [1.807, 2.05) is 60.7 Å². The molecule has 0 saturated heterocycles. The maximum atomic E-state index is 10.2. The monoisotopic (exact) mass is 521 g/mol. The van der Waals surface area contributed by atoms with Gasteiger partial charge in [0.15, 0.2) is 0 Å². The summed E-state index contributed by atoms with van der Waals surface area (Å²) in [5.74, 6) is 0. The molecule has 0 aromatic heterocycles. The summed E-state index contributed by atoms with van der Waals surface area (Å²) in [6.07, 6.45) is 3.04. The number of nitrogens with one attached hydrogen (secondary N) is 2. The van der Waals surface area contributed by atoms with Crippen molar-refractivity contribution in [3.63, 3.8) is 0 Å². The van der Waals surface area contributed by atoms with Crippen LogP contribution in [0.5, 0.6) is 0 Å². The molecule has 0 unspecified atom stereocenters. The summed E-state index contributed by atoms with van der Waals surface area (Å²) in [5, 5.41) is 7.18. The van der Waals surface area contributed by atoms with E-state index >= 15 is 0 Å². The Morgan fingerprint density at radius 1 is 0.720 bits per heavy atom. The molecule has 0 aliphatic rings. The molecule has 2 aromatic carbocycles. The Hall–Kier alpha value is -2.99. The minimum Gasteiger partial charge on any atom is -0.350 e. The van der Waals surface area contributed by atoms with Crippen LogP contribution in [0.1, 0.15) is 11.1 Å². The summed E-state index contributed by atoms with van der Waals surface area (Å²) in [4.78, 5) is 20.4. The van der Waals surface area contributed by atoms with Crippen molar-refractivity contribution in [1.29, 1.82) is 0 Å². The SMILES string of the molecule is NC(=O)N/N=C/c1ccccc1.NC(=O)N/N=C/c1ccccc1.[Pt]. The number of urea groups is 2. The van der Waals surface area contributed by atoms with Gasteiger partial charge in [-0.2, -0.15) is 10.2 Å². The molecular weight excluding hydrogens is 503 g/mol. The summed E-state index contributed by atoms with van der Waals surface area (Å²) in [6.45, 7) is 0. The Labute approximate surface area is 159 Å². The van der Waals surface area contributed by atoms with E-state index in [1.54, 1.807) is 0 Å². The van der Waals surface area contributed by atoms with Crippen LogP contribution >= 0.6 is 0 Å². The molecule has 0 spiro atoms. The second-order valence-corrected chi connectivity index (χ2v) is 4.29. The van der Waals surface area contributed by atoms with Crippen molar-refractivity contribution in [2.75, 3.05) is 0 Å². The third kappa shape index (κ3) is 12.1. The Bertz CT molecular complexity index is 631. The molecule has 0 aliphatic carbocycles. The summed E-state index contributed by atoms with van der Waals surface area (Å²) in [6, 6.07) is 17.5. The average molecular weight is 521 g/mol. The van der Waals surface area contributed by atoms with Crippen LogP contribution in [0.2, 0.25) is 0 Å². The van der Waals surface area contributed by atoms with Gasteiger partial charge in [0, 0.05) is 21.1 Å². The molecular formula is C16H18N6O2Pt. The molecule has 0 bridgehead atoms. The first kappa shape index (κ1) is 22.0. The van der Waals surface area contributed by atoms with E-state index in [0.29, 0.717) is 0 Å². The molecule has 0 saturated carbocycles. The largest absolute Gasteiger partial charge is 0.350 e. The van der Waals surface area contributed by atoms with Crippen molar-refractivity contribution in [1.82, 2.24) is 10.9 Å². The van der Waals surface area contributed by atoms with Gasteiger partial charge in [-0.3, -0.25) is 0 Å². The number of hydrogen-bond acceptors (Lipinski definition) is 4. The molecule has 134 valence electrons. The van der Waals surface area contributed by atoms with Crippen molar-refractivity contribution in [3.8, 4) is 0 Å². The van der Waals surface area contributed by atoms with Crippen LogP contribution in [-0.2, 0) is 21.1 Å². The molecule has 8 nitrogen and oxygen atoms in total. The third-order valence-corrected chi connectivity index (χ3v) is 2.38. The molecule has 6 N–H and O–H groups in total. The minimum atomic E-state index is -0.665. The number of hydrazone groups is 2. The maximum Gasteiger partial charge on any atom is 0.332 e. The molecule has 2 rings (SSSR count). The van der Waals surface area contributed by atoms with Gasteiger partial charge in [-0.15, -0.1) is 0 Å². The van der Waals surface area contributed by atoms with Crippen molar-refractivity contribution in [2.24, 2.45) is 21.7 Å². The van der Waals surface area contributed by atoms with Gasteiger partial charge >= 0.3 is 12.1 Å². The number of rotatable bonds is 4. The van der Waals surface area contributed by atoms with Crippen LogP contribution in [0.15, 0.2) is 70.9 Å². The van der Waals surface area contributed by atoms with E-state index in [4.69, 9.17) is 11.5 Å². The fraction of sp³-hybridized carbons (Fsp3) is 0. The molecule has 0 radical (unpaired) electrons. The van der Waals surface area contributed by atoms with Gasteiger partial charge in [0.05, 0.1) is 12.4 Å². The number of amides is 4. The average Bonchev–Trinajstić information content (AvgIpc) is 2.57. The van der Waals surface area contributed by atoms with E-state index in [-0.39, 0.29) is 21.1 Å². The molecule has 2 aromatic rings. The quantitative estimate of drug-likeness (QED) is 0.357. The van der Waals surface area contributed by atoms with Gasteiger partial charge < -0.3 is 11.5 Å². The van der Waals surface area contributed by atoms with E-state index in [0.717, 1.165) is 11.1 Å². The molecule has 9 heteroatoms. The van der Waals surface area contributed by atoms with Crippen LogP contribution in [-0.4, -0.2) is 24.5 Å². The Kier molecular flexibility index (Phi) is 11.8. The third-order valence-electron chi connectivity index (χ3n) is 2.38. The van der Waals surface area contributed by atoms with Crippen LogP contribution < -0.4 is 22.3 Å². The smallest absolute Gasteiger partial charge is 0.332 e. The molecule has 4 amide bonds. The first-order valence-corrected chi connectivity index (χ1v) is 6.85. The zero-order chi connectivity index (χ0) is 17.6. The zero-order valence-electron chi connectivity index (χ0n) is 13.1. The topological polar surface area (TPSA) is 135 Å². The van der Waals surface area contributed by atoms with E-state index in [1.165, 1.54) is 12.4 Å². The van der Waals surface area contributed by atoms with Crippen molar-refractivity contribution in [2.45, 2.75) is 0 Å². The van der Waals surface area contributed by atoms with Crippen LogP contribution in [0, 0.1) is 0 Å². The van der Waals surface area contributed by atoms with Crippen LogP contribution in [0.3, 0.4) is 0 Å². The summed E-state index contributed by atoms with van der Waals surface area (Å²) >= 11 is 0. The second kappa shape index (κ2) is 13.4. The number of nitrogens with zero attached hydrogens (tertiary/aromatic N) is 2. The molecule has 25 heavy (non-hydrogen) atoms. The van der Waals surface area contributed by atoms with E-state index in [9.17, 15) is 9.59 Å². The van der Waals surface area contributed by atoms with Gasteiger partial charge in [-0.1, -0.05) is 60.7 Å². The molecule has 0 atom stereocenters. The summed E-state index contributed by atoms with van der Waals surface area (Å²) in [7, 11) is 0. The van der Waals surface area contributed by atoms with Crippen molar-refractivity contribution in [3.05, 3.63) is 71.8 Å². The molecule has 0 fully saturated rings. The van der Waals surface area contributed by atoms with Gasteiger partial charge in [-0.05, 0) is 11.1 Å². The van der Waals surface area contributed by atoms with E-state index < -0.39 is 12.1 Å². The number of hydrogen-bond donors (Lipinski definition) is 4.